The van der Waals surface area contributed by atoms with E-state index in [0.717, 1.165) is 4.90 Å². The van der Waals surface area contributed by atoms with Crippen molar-refractivity contribution in [2.24, 2.45) is 0 Å². The standard InChI is InChI=1S/C10H17N3O4/c1-6(7(14)15)11-4-5-13-8(16)10(2,3)12-9(13)17/h6,11H,4-5H2,1-3H3,(H,12,17)(H,14,15)/t6-/m0/s1. The Hall–Kier alpha value is -1.63. The van der Waals surface area contributed by atoms with E-state index in [9.17, 15) is 14.4 Å². The van der Waals surface area contributed by atoms with Gasteiger partial charge in [0.1, 0.15) is 11.6 Å². The molecule has 1 atom stereocenters. The summed E-state index contributed by atoms with van der Waals surface area (Å²) in [6, 6.07) is -1.14. The van der Waals surface area contributed by atoms with Gasteiger partial charge in [-0.3, -0.25) is 14.5 Å². The van der Waals surface area contributed by atoms with E-state index < -0.39 is 23.6 Å². The summed E-state index contributed by atoms with van der Waals surface area (Å²) in [7, 11) is 0. The Bertz CT molecular complexity index is 353. The molecule has 7 heteroatoms. The maximum Gasteiger partial charge on any atom is 0.325 e. The molecular formula is C10H17N3O4. The Labute approximate surface area is 99.2 Å². The molecule has 0 aromatic heterocycles. The van der Waals surface area contributed by atoms with Crippen LogP contribution in [0.2, 0.25) is 0 Å². The molecule has 1 aliphatic heterocycles. The lowest BCUT2D eigenvalue weighted by Gasteiger charge is -2.17. The molecule has 1 fully saturated rings. The maximum absolute atomic E-state index is 11.7. The summed E-state index contributed by atoms with van der Waals surface area (Å²) in [4.78, 5) is 34.8. The Morgan fingerprint density at radius 1 is 1.53 bits per heavy atom. The predicted octanol–water partition coefficient (Wildman–Crippen LogP) is -0.620. The first-order chi connectivity index (χ1) is 7.75. The molecule has 17 heavy (non-hydrogen) atoms. The van der Waals surface area contributed by atoms with Crippen LogP contribution in [0.3, 0.4) is 0 Å². The third-order valence-corrected chi connectivity index (χ3v) is 2.60. The highest BCUT2D eigenvalue weighted by atomic mass is 16.4. The summed E-state index contributed by atoms with van der Waals surface area (Å²) in [5.74, 6) is -1.27. The number of rotatable bonds is 5. The highest BCUT2D eigenvalue weighted by molar-refractivity contribution is 6.06. The molecule has 0 radical (unpaired) electrons. The largest absolute Gasteiger partial charge is 0.480 e. The number of imide groups is 1. The smallest absolute Gasteiger partial charge is 0.325 e. The molecule has 1 aliphatic rings. The zero-order chi connectivity index (χ0) is 13.2. The third kappa shape index (κ3) is 2.94. The van der Waals surface area contributed by atoms with Crippen molar-refractivity contribution >= 4 is 17.9 Å². The van der Waals surface area contributed by atoms with E-state index in [1.165, 1.54) is 6.92 Å². The fourth-order valence-electron chi connectivity index (χ4n) is 1.50. The summed E-state index contributed by atoms with van der Waals surface area (Å²) in [5.41, 5.74) is -0.879. The summed E-state index contributed by atoms with van der Waals surface area (Å²) < 4.78 is 0. The number of hydrogen-bond donors (Lipinski definition) is 3. The number of urea groups is 1. The number of nitrogens with zero attached hydrogens (tertiary/aromatic N) is 1. The second kappa shape index (κ2) is 4.70. The van der Waals surface area contributed by atoms with Gasteiger partial charge < -0.3 is 15.7 Å². The van der Waals surface area contributed by atoms with Crippen LogP contribution in [-0.2, 0) is 9.59 Å². The minimum Gasteiger partial charge on any atom is -0.480 e. The minimum atomic E-state index is -0.970. The van der Waals surface area contributed by atoms with Gasteiger partial charge in [-0.05, 0) is 20.8 Å². The number of carbonyl (C=O) groups is 3. The Morgan fingerprint density at radius 2 is 2.12 bits per heavy atom. The average Bonchev–Trinajstić information content (AvgIpc) is 2.39. The third-order valence-electron chi connectivity index (χ3n) is 2.60. The van der Waals surface area contributed by atoms with Crippen LogP contribution in [0.15, 0.2) is 0 Å². The maximum atomic E-state index is 11.7. The van der Waals surface area contributed by atoms with Gasteiger partial charge in [0.15, 0.2) is 0 Å². The molecule has 0 aromatic rings. The lowest BCUT2D eigenvalue weighted by Crippen LogP contribution is -2.43. The lowest BCUT2D eigenvalue weighted by atomic mass is 10.1. The van der Waals surface area contributed by atoms with Crippen LogP contribution in [0.1, 0.15) is 20.8 Å². The van der Waals surface area contributed by atoms with Crippen LogP contribution in [0.25, 0.3) is 0 Å². The van der Waals surface area contributed by atoms with E-state index in [2.05, 4.69) is 10.6 Å². The van der Waals surface area contributed by atoms with E-state index in [1.807, 2.05) is 0 Å². The average molecular weight is 243 g/mol. The zero-order valence-corrected chi connectivity index (χ0v) is 10.1. The Balaban J connectivity index is 2.46. The fraction of sp³-hybridized carbons (Fsp3) is 0.700. The molecule has 96 valence electrons. The van der Waals surface area contributed by atoms with Crippen molar-refractivity contribution < 1.29 is 19.5 Å². The number of carboxylic acids is 1. The first kappa shape index (κ1) is 13.4. The van der Waals surface area contributed by atoms with Gasteiger partial charge >= 0.3 is 12.0 Å². The SMILES string of the molecule is C[C@H](NCCN1C(=O)NC(C)(C)C1=O)C(=O)O. The van der Waals surface area contributed by atoms with E-state index in [-0.39, 0.29) is 19.0 Å². The molecule has 0 unspecified atom stereocenters. The van der Waals surface area contributed by atoms with Crippen molar-refractivity contribution in [3.8, 4) is 0 Å². The minimum absolute atomic E-state index is 0.158. The lowest BCUT2D eigenvalue weighted by molar-refractivity contribution is -0.138. The van der Waals surface area contributed by atoms with Crippen molar-refractivity contribution in [3.05, 3.63) is 0 Å². The molecule has 0 spiro atoms. The van der Waals surface area contributed by atoms with Crippen LogP contribution in [0, 0.1) is 0 Å². The molecule has 1 heterocycles. The van der Waals surface area contributed by atoms with Gasteiger partial charge in [-0.15, -0.1) is 0 Å². The Kier molecular flexibility index (Phi) is 3.72. The van der Waals surface area contributed by atoms with E-state index in [4.69, 9.17) is 5.11 Å². The first-order valence-electron chi connectivity index (χ1n) is 5.36. The van der Waals surface area contributed by atoms with Crippen LogP contribution in [0.4, 0.5) is 4.79 Å². The molecule has 3 amide bonds. The van der Waals surface area contributed by atoms with Crippen molar-refractivity contribution in [2.75, 3.05) is 13.1 Å². The van der Waals surface area contributed by atoms with Gasteiger partial charge in [0, 0.05) is 13.1 Å². The fourth-order valence-corrected chi connectivity index (χ4v) is 1.50. The highest BCUT2D eigenvalue weighted by Gasteiger charge is 2.43. The molecule has 7 nitrogen and oxygen atoms in total. The topological polar surface area (TPSA) is 98.7 Å². The van der Waals surface area contributed by atoms with E-state index in [0.29, 0.717) is 0 Å². The molecule has 0 bridgehead atoms. The normalized spacial score (nSPS) is 20.3. The van der Waals surface area contributed by atoms with Gasteiger partial charge in [-0.25, -0.2) is 4.79 Å². The van der Waals surface area contributed by atoms with Crippen molar-refractivity contribution in [1.82, 2.24) is 15.5 Å². The molecule has 3 N–H and O–H groups in total. The number of carbonyl (C=O) groups excluding carboxylic acids is 2. The van der Waals surface area contributed by atoms with Gasteiger partial charge in [0.25, 0.3) is 5.91 Å². The van der Waals surface area contributed by atoms with Crippen LogP contribution >= 0.6 is 0 Å². The first-order valence-corrected chi connectivity index (χ1v) is 5.36. The number of amides is 3. The van der Waals surface area contributed by atoms with E-state index in [1.54, 1.807) is 13.8 Å². The molecule has 1 rings (SSSR count). The summed E-state index contributed by atoms with van der Waals surface area (Å²) in [6.45, 7) is 5.16. The summed E-state index contributed by atoms with van der Waals surface area (Å²) in [5, 5.41) is 13.9. The van der Waals surface area contributed by atoms with E-state index >= 15 is 0 Å². The van der Waals surface area contributed by atoms with Crippen molar-refractivity contribution in [1.29, 1.82) is 0 Å². The van der Waals surface area contributed by atoms with Gasteiger partial charge in [0.05, 0.1) is 0 Å². The Morgan fingerprint density at radius 3 is 2.53 bits per heavy atom. The second-order valence-corrected chi connectivity index (χ2v) is 4.53. The van der Waals surface area contributed by atoms with Gasteiger partial charge in [-0.2, -0.15) is 0 Å². The molecule has 0 saturated carbocycles. The highest BCUT2D eigenvalue weighted by Crippen LogP contribution is 2.15. The number of aliphatic carboxylic acids is 1. The van der Waals surface area contributed by atoms with Crippen LogP contribution in [-0.4, -0.2) is 52.6 Å². The monoisotopic (exact) mass is 243 g/mol. The van der Waals surface area contributed by atoms with Crippen LogP contribution in [0.5, 0.6) is 0 Å². The zero-order valence-electron chi connectivity index (χ0n) is 10.1. The summed E-state index contributed by atoms with van der Waals surface area (Å²) in [6.07, 6.45) is 0. The van der Waals surface area contributed by atoms with Crippen molar-refractivity contribution in [2.45, 2.75) is 32.4 Å². The van der Waals surface area contributed by atoms with Gasteiger partial charge in [-0.1, -0.05) is 0 Å². The summed E-state index contributed by atoms with van der Waals surface area (Å²) >= 11 is 0. The molecule has 0 aliphatic carbocycles. The molecule has 1 saturated heterocycles. The van der Waals surface area contributed by atoms with Crippen molar-refractivity contribution in [3.63, 3.8) is 0 Å². The second-order valence-electron chi connectivity index (χ2n) is 4.53. The number of carboxylic acid groups (broad SMARTS) is 1. The number of nitrogens with one attached hydrogen (secondary N) is 2. The van der Waals surface area contributed by atoms with Crippen LogP contribution < -0.4 is 10.6 Å². The quantitative estimate of drug-likeness (QED) is 0.559. The van der Waals surface area contributed by atoms with Gasteiger partial charge in [0.2, 0.25) is 0 Å². The predicted molar refractivity (Wildman–Crippen MR) is 59.4 cm³/mol. The number of hydrogen-bond acceptors (Lipinski definition) is 4. The molecular weight excluding hydrogens is 226 g/mol. The molecule has 0 aromatic carbocycles.